The standard InChI is InChI=1S/C18H21N3O4/c1-11-16(12(2)25-20-11)10-24-15-5-3-13(4-6-15)18(23)21-8-7-14(9-21)17(19)22/h3-6,14H,7-10H2,1-2H3,(H2,19,22)/t14-/m0/s1. The van der Waals surface area contributed by atoms with Gasteiger partial charge >= 0.3 is 0 Å². The molecule has 1 atom stereocenters. The lowest BCUT2D eigenvalue weighted by molar-refractivity contribution is -0.121. The van der Waals surface area contributed by atoms with Gasteiger partial charge in [-0.15, -0.1) is 0 Å². The third kappa shape index (κ3) is 3.65. The molecule has 132 valence electrons. The van der Waals surface area contributed by atoms with E-state index in [1.54, 1.807) is 29.2 Å². The highest BCUT2D eigenvalue weighted by Crippen LogP contribution is 2.21. The molecule has 1 aromatic carbocycles. The van der Waals surface area contributed by atoms with Crippen LogP contribution in [0.1, 0.15) is 33.8 Å². The molecule has 0 spiro atoms. The number of nitrogens with zero attached hydrogens (tertiary/aromatic N) is 2. The molecule has 0 saturated carbocycles. The van der Waals surface area contributed by atoms with Crippen LogP contribution >= 0.6 is 0 Å². The molecule has 1 aliphatic rings. The first-order valence-corrected chi connectivity index (χ1v) is 8.19. The molecule has 3 rings (SSSR count). The van der Waals surface area contributed by atoms with Crippen LogP contribution in [0.15, 0.2) is 28.8 Å². The molecule has 0 aliphatic carbocycles. The molecule has 0 radical (unpaired) electrons. The molecular weight excluding hydrogens is 322 g/mol. The minimum atomic E-state index is -0.349. The first-order chi connectivity index (χ1) is 12.0. The summed E-state index contributed by atoms with van der Waals surface area (Å²) in [5.41, 5.74) is 7.61. The molecule has 0 unspecified atom stereocenters. The maximum Gasteiger partial charge on any atom is 0.253 e. The van der Waals surface area contributed by atoms with Gasteiger partial charge in [0.05, 0.1) is 17.2 Å². The van der Waals surface area contributed by atoms with E-state index in [2.05, 4.69) is 5.16 Å². The molecule has 7 nitrogen and oxygen atoms in total. The lowest BCUT2D eigenvalue weighted by atomic mass is 10.1. The number of amides is 2. The van der Waals surface area contributed by atoms with Crippen LogP contribution in [0.5, 0.6) is 5.75 Å². The number of carbonyl (C=O) groups excluding carboxylic acids is 2. The van der Waals surface area contributed by atoms with E-state index in [-0.39, 0.29) is 17.7 Å². The van der Waals surface area contributed by atoms with Gasteiger partial charge in [-0.1, -0.05) is 5.16 Å². The normalized spacial score (nSPS) is 16.9. The average molecular weight is 343 g/mol. The summed E-state index contributed by atoms with van der Waals surface area (Å²) >= 11 is 0. The van der Waals surface area contributed by atoms with Gasteiger partial charge in [0, 0.05) is 18.7 Å². The molecule has 1 aliphatic heterocycles. The third-order valence-electron chi connectivity index (χ3n) is 4.54. The van der Waals surface area contributed by atoms with Gasteiger partial charge in [-0.3, -0.25) is 9.59 Å². The summed E-state index contributed by atoms with van der Waals surface area (Å²) in [6.07, 6.45) is 0.625. The van der Waals surface area contributed by atoms with Crippen LogP contribution < -0.4 is 10.5 Å². The summed E-state index contributed by atoms with van der Waals surface area (Å²) in [7, 11) is 0. The Labute approximate surface area is 145 Å². The van der Waals surface area contributed by atoms with Gasteiger partial charge in [0.15, 0.2) is 0 Å². The lowest BCUT2D eigenvalue weighted by Gasteiger charge is -2.16. The first kappa shape index (κ1) is 17.0. The van der Waals surface area contributed by atoms with Crippen molar-refractivity contribution in [2.75, 3.05) is 13.1 Å². The molecule has 0 bridgehead atoms. The molecule has 2 aromatic rings. The monoisotopic (exact) mass is 343 g/mol. The fourth-order valence-electron chi connectivity index (χ4n) is 2.92. The zero-order valence-electron chi connectivity index (χ0n) is 14.3. The van der Waals surface area contributed by atoms with Gasteiger partial charge in [0.25, 0.3) is 5.91 Å². The van der Waals surface area contributed by atoms with Gasteiger partial charge in [-0.05, 0) is 44.5 Å². The van der Waals surface area contributed by atoms with Crippen molar-refractivity contribution in [2.45, 2.75) is 26.9 Å². The maximum atomic E-state index is 12.5. The highest BCUT2D eigenvalue weighted by atomic mass is 16.5. The number of hydrogen-bond donors (Lipinski definition) is 1. The Bertz CT molecular complexity index is 763. The van der Waals surface area contributed by atoms with Gasteiger partial charge in [0.2, 0.25) is 5.91 Å². The fourth-order valence-corrected chi connectivity index (χ4v) is 2.92. The van der Waals surface area contributed by atoms with Crippen LogP contribution in [-0.4, -0.2) is 35.0 Å². The molecule has 1 aromatic heterocycles. The van der Waals surface area contributed by atoms with E-state index >= 15 is 0 Å². The SMILES string of the molecule is Cc1noc(C)c1COc1ccc(C(=O)N2CC[C@H](C(N)=O)C2)cc1. The molecule has 7 heteroatoms. The van der Waals surface area contributed by atoms with E-state index in [4.69, 9.17) is 15.0 Å². The summed E-state index contributed by atoms with van der Waals surface area (Å²) in [5.74, 6) is 0.705. The number of rotatable bonds is 5. The Hall–Kier alpha value is -2.83. The van der Waals surface area contributed by atoms with Crippen molar-refractivity contribution >= 4 is 11.8 Å². The second-order valence-electron chi connectivity index (χ2n) is 6.25. The van der Waals surface area contributed by atoms with Crippen LogP contribution in [0, 0.1) is 19.8 Å². The summed E-state index contributed by atoms with van der Waals surface area (Å²) in [4.78, 5) is 25.4. The Morgan fingerprint density at radius 1 is 1.32 bits per heavy atom. The maximum absolute atomic E-state index is 12.5. The second kappa shape index (κ2) is 6.96. The third-order valence-corrected chi connectivity index (χ3v) is 4.54. The van der Waals surface area contributed by atoms with Crippen molar-refractivity contribution in [3.63, 3.8) is 0 Å². The minimum absolute atomic E-state index is 0.0963. The lowest BCUT2D eigenvalue weighted by Crippen LogP contribution is -2.31. The van der Waals surface area contributed by atoms with E-state index in [9.17, 15) is 9.59 Å². The Morgan fingerprint density at radius 2 is 2.04 bits per heavy atom. The van der Waals surface area contributed by atoms with E-state index in [0.717, 1.165) is 17.0 Å². The Kier molecular flexibility index (Phi) is 4.74. The van der Waals surface area contributed by atoms with Crippen LogP contribution in [0.2, 0.25) is 0 Å². The average Bonchev–Trinajstić information content (AvgIpc) is 3.21. The van der Waals surface area contributed by atoms with Crippen molar-refractivity contribution < 1.29 is 18.8 Å². The zero-order valence-corrected chi connectivity index (χ0v) is 14.3. The number of ether oxygens (including phenoxy) is 1. The van der Waals surface area contributed by atoms with Crippen LogP contribution in [0.4, 0.5) is 0 Å². The van der Waals surface area contributed by atoms with Gasteiger partial charge in [-0.2, -0.15) is 0 Å². The predicted molar refractivity (Wildman–Crippen MR) is 90.0 cm³/mol. The largest absolute Gasteiger partial charge is 0.489 e. The summed E-state index contributed by atoms with van der Waals surface area (Å²) < 4.78 is 10.8. The smallest absolute Gasteiger partial charge is 0.253 e. The molecule has 2 heterocycles. The summed E-state index contributed by atoms with van der Waals surface area (Å²) in [5, 5.41) is 3.89. The molecular formula is C18H21N3O4. The number of primary amides is 1. The van der Waals surface area contributed by atoms with E-state index < -0.39 is 0 Å². The number of aryl methyl sites for hydroxylation is 2. The minimum Gasteiger partial charge on any atom is -0.489 e. The van der Waals surface area contributed by atoms with Crippen LogP contribution in [0.3, 0.4) is 0 Å². The number of aromatic nitrogens is 1. The van der Waals surface area contributed by atoms with Crippen LogP contribution in [0.25, 0.3) is 0 Å². The van der Waals surface area contributed by atoms with Crippen molar-refractivity contribution in [1.29, 1.82) is 0 Å². The van der Waals surface area contributed by atoms with E-state index in [1.165, 1.54) is 0 Å². The highest BCUT2D eigenvalue weighted by molar-refractivity contribution is 5.95. The number of benzene rings is 1. The van der Waals surface area contributed by atoms with Crippen molar-refractivity contribution in [1.82, 2.24) is 10.1 Å². The molecule has 2 amide bonds. The van der Waals surface area contributed by atoms with Crippen molar-refractivity contribution in [2.24, 2.45) is 11.7 Å². The first-order valence-electron chi connectivity index (χ1n) is 8.19. The van der Waals surface area contributed by atoms with Crippen LogP contribution in [-0.2, 0) is 11.4 Å². The van der Waals surface area contributed by atoms with Gasteiger partial charge < -0.3 is 19.9 Å². The van der Waals surface area contributed by atoms with Gasteiger partial charge in [0.1, 0.15) is 18.1 Å². The number of nitrogens with two attached hydrogens (primary N) is 1. The predicted octanol–water partition coefficient (Wildman–Crippen LogP) is 1.82. The number of hydrogen-bond acceptors (Lipinski definition) is 5. The van der Waals surface area contributed by atoms with Gasteiger partial charge in [-0.25, -0.2) is 0 Å². The second-order valence-corrected chi connectivity index (χ2v) is 6.25. The topological polar surface area (TPSA) is 98.7 Å². The number of likely N-dealkylation sites (tertiary alicyclic amines) is 1. The summed E-state index contributed by atoms with van der Waals surface area (Å²) in [6.45, 7) is 5.01. The molecule has 1 saturated heterocycles. The van der Waals surface area contributed by atoms with E-state index in [1.807, 2.05) is 13.8 Å². The Balaban J connectivity index is 1.60. The highest BCUT2D eigenvalue weighted by Gasteiger charge is 2.30. The van der Waals surface area contributed by atoms with Crippen molar-refractivity contribution in [3.05, 3.63) is 46.8 Å². The van der Waals surface area contributed by atoms with Crippen molar-refractivity contribution in [3.8, 4) is 5.75 Å². The molecule has 25 heavy (non-hydrogen) atoms. The molecule has 2 N–H and O–H groups in total. The van der Waals surface area contributed by atoms with E-state index in [0.29, 0.717) is 37.4 Å². The summed E-state index contributed by atoms with van der Waals surface area (Å²) in [6, 6.07) is 6.96. The zero-order chi connectivity index (χ0) is 18.0. The molecule has 1 fully saturated rings. The fraction of sp³-hybridized carbons (Fsp3) is 0.389. The quantitative estimate of drug-likeness (QED) is 0.893. The number of carbonyl (C=O) groups is 2. The Morgan fingerprint density at radius 3 is 2.60 bits per heavy atom.